The van der Waals surface area contributed by atoms with Crippen molar-refractivity contribution in [3.63, 3.8) is 0 Å². The summed E-state index contributed by atoms with van der Waals surface area (Å²) in [7, 11) is 3.05. The van der Waals surface area contributed by atoms with Crippen LogP contribution in [0.2, 0.25) is 0 Å². The van der Waals surface area contributed by atoms with E-state index >= 15 is 0 Å². The topological polar surface area (TPSA) is 18.5 Å². The first kappa shape index (κ1) is 7.57. The minimum absolute atomic E-state index is 1.53. The van der Waals surface area contributed by atoms with Gasteiger partial charge in [-0.05, 0) is 6.30 Å². The molecule has 0 aromatic heterocycles. The van der Waals surface area contributed by atoms with Crippen molar-refractivity contribution in [2.75, 3.05) is 14.2 Å². The molecule has 0 rings (SSSR count). The van der Waals surface area contributed by atoms with Crippen LogP contribution in [0.3, 0.4) is 0 Å². The largest absolute Gasteiger partial charge is 0.333 e. The minimum Gasteiger partial charge on any atom is -0.333 e. The predicted molar refractivity (Wildman–Crippen MR) is 37.0 cm³/mol. The van der Waals surface area contributed by atoms with Gasteiger partial charge in [0.05, 0.1) is 0 Å². The fraction of sp³-hybridized carbons (Fsp3) is 0.667. The fourth-order valence-corrected chi connectivity index (χ4v) is 0.224. The summed E-state index contributed by atoms with van der Waals surface area (Å²) < 4.78 is 9.46. The molecule has 0 unspecified atom stereocenters. The number of thiol groups is 1. The molecule has 2 nitrogen and oxygen atoms in total. The van der Waals surface area contributed by atoms with Gasteiger partial charge in [0, 0.05) is 14.2 Å². The second-order valence-electron chi connectivity index (χ2n) is 1.00. The molecule has 7 heavy (non-hydrogen) atoms. The molecule has 0 radical (unpaired) electrons. The van der Waals surface area contributed by atoms with Gasteiger partial charge in [0.25, 0.3) is 0 Å². The van der Waals surface area contributed by atoms with Gasteiger partial charge in [-0.2, -0.15) is 0 Å². The van der Waals surface area contributed by atoms with Crippen molar-refractivity contribution in [2.24, 2.45) is 0 Å². The van der Waals surface area contributed by atoms with Crippen LogP contribution < -0.4 is 0 Å². The lowest BCUT2D eigenvalue weighted by Crippen LogP contribution is -1.77. The van der Waals surface area contributed by atoms with Crippen molar-refractivity contribution in [2.45, 2.75) is 0 Å². The molecule has 4 heteroatoms. The Hall–Kier alpha value is 0.570. The summed E-state index contributed by atoms with van der Waals surface area (Å²) in [5.41, 5.74) is 0. The molecule has 0 aliphatic rings. The molecule has 0 N–H and O–H groups in total. The van der Waals surface area contributed by atoms with Gasteiger partial charge in [-0.15, -0.1) is 0 Å². The van der Waals surface area contributed by atoms with E-state index < -0.39 is 6.54 Å². The van der Waals surface area contributed by atoms with Gasteiger partial charge in [0.2, 0.25) is 0 Å². The average molecular weight is 140 g/mol. The van der Waals surface area contributed by atoms with Crippen molar-refractivity contribution in [1.82, 2.24) is 0 Å². The van der Waals surface area contributed by atoms with Crippen molar-refractivity contribution in [3.05, 3.63) is 0 Å². The zero-order chi connectivity index (χ0) is 5.91. The van der Waals surface area contributed by atoms with Gasteiger partial charge in [0.1, 0.15) is 0 Å². The van der Waals surface area contributed by atoms with E-state index in [4.69, 9.17) is 9.05 Å². The number of rotatable bonds is 2. The Balaban J connectivity index is 3.61. The summed E-state index contributed by atoms with van der Waals surface area (Å²) in [4.78, 5) is 0. The SMILES string of the molecule is C=P(S)(OC)OC. The van der Waals surface area contributed by atoms with Crippen LogP contribution in [0.15, 0.2) is 0 Å². The Morgan fingerprint density at radius 3 is 1.71 bits per heavy atom. The zero-order valence-corrected chi connectivity index (χ0v) is 6.21. The summed E-state index contributed by atoms with van der Waals surface area (Å²) in [6, 6.07) is 0. The molecular formula is C3H9O2PS. The minimum atomic E-state index is -1.96. The standard InChI is InChI=1S/C3H9O2PS/c1-4-6(3,7)5-2/h7H,3H2,1-2H3. The smallest absolute Gasteiger partial charge is 0.170 e. The fourth-order valence-electron chi connectivity index (χ4n) is 0.0745. The Bertz CT molecular complexity index is 84.9. The maximum absolute atomic E-state index is 4.73. The molecule has 0 bridgehead atoms. The summed E-state index contributed by atoms with van der Waals surface area (Å²) >= 11 is 3.94. The van der Waals surface area contributed by atoms with Crippen LogP contribution in [0.4, 0.5) is 0 Å². The molecule has 44 valence electrons. The van der Waals surface area contributed by atoms with Crippen LogP contribution in [0.1, 0.15) is 0 Å². The summed E-state index contributed by atoms with van der Waals surface area (Å²) in [6.07, 6.45) is 3.54. The molecule has 0 heterocycles. The van der Waals surface area contributed by atoms with Crippen LogP contribution in [0, 0.1) is 0 Å². The Kier molecular flexibility index (Phi) is 3.00. The summed E-state index contributed by atoms with van der Waals surface area (Å²) in [5, 5.41) is 0. The van der Waals surface area contributed by atoms with Gasteiger partial charge < -0.3 is 9.05 Å². The molecule has 0 aliphatic heterocycles. The molecule has 0 aliphatic carbocycles. The van der Waals surface area contributed by atoms with Crippen LogP contribution >= 0.6 is 18.8 Å². The van der Waals surface area contributed by atoms with E-state index in [1.54, 1.807) is 0 Å². The molecule has 0 atom stereocenters. The lowest BCUT2D eigenvalue weighted by molar-refractivity contribution is 0.353. The van der Waals surface area contributed by atoms with Crippen molar-refractivity contribution < 1.29 is 9.05 Å². The molecule has 0 aromatic carbocycles. The summed E-state index contributed by atoms with van der Waals surface area (Å²) in [6.45, 7) is -1.96. The molecule has 0 saturated carbocycles. The summed E-state index contributed by atoms with van der Waals surface area (Å²) in [5.74, 6) is 0. The first-order valence-electron chi connectivity index (χ1n) is 1.70. The molecule has 0 fully saturated rings. The normalized spacial score (nSPS) is 11.9. The van der Waals surface area contributed by atoms with E-state index in [0.717, 1.165) is 0 Å². The van der Waals surface area contributed by atoms with E-state index in [1.165, 1.54) is 14.2 Å². The molecule has 0 saturated heterocycles. The Morgan fingerprint density at radius 1 is 1.43 bits per heavy atom. The van der Waals surface area contributed by atoms with Crippen LogP contribution in [-0.2, 0) is 9.05 Å². The molecule has 0 aromatic rings. The average Bonchev–Trinajstić information content (AvgIpc) is 1.68. The monoisotopic (exact) mass is 140 g/mol. The maximum Gasteiger partial charge on any atom is 0.170 e. The lowest BCUT2D eigenvalue weighted by atomic mass is 11.8. The third-order valence-electron chi connectivity index (χ3n) is 0.571. The lowest BCUT2D eigenvalue weighted by Gasteiger charge is -2.10. The van der Waals surface area contributed by atoms with Crippen LogP contribution in [-0.4, -0.2) is 20.5 Å². The highest BCUT2D eigenvalue weighted by atomic mass is 32.7. The highest BCUT2D eigenvalue weighted by molar-refractivity contribution is 8.47. The van der Waals surface area contributed by atoms with Crippen LogP contribution in [0.25, 0.3) is 0 Å². The van der Waals surface area contributed by atoms with Crippen LogP contribution in [0.5, 0.6) is 0 Å². The Morgan fingerprint density at radius 2 is 1.71 bits per heavy atom. The van der Waals surface area contributed by atoms with Gasteiger partial charge in [-0.25, -0.2) is 0 Å². The van der Waals surface area contributed by atoms with Crippen molar-refractivity contribution in [1.29, 1.82) is 0 Å². The highest BCUT2D eigenvalue weighted by Gasteiger charge is 2.00. The maximum atomic E-state index is 4.73. The van der Waals surface area contributed by atoms with E-state index in [9.17, 15) is 0 Å². The van der Waals surface area contributed by atoms with Gasteiger partial charge in [-0.1, -0.05) is 12.2 Å². The second-order valence-corrected chi connectivity index (χ2v) is 4.84. The van der Waals surface area contributed by atoms with E-state index in [2.05, 4.69) is 18.5 Å². The predicted octanol–water partition coefficient (Wildman–Crippen LogP) is 1.40. The first-order chi connectivity index (χ1) is 3.12. The number of hydrogen-bond acceptors (Lipinski definition) is 3. The zero-order valence-electron chi connectivity index (χ0n) is 4.42. The quantitative estimate of drug-likeness (QED) is 0.461. The van der Waals surface area contributed by atoms with Gasteiger partial charge >= 0.3 is 0 Å². The van der Waals surface area contributed by atoms with Gasteiger partial charge in [-0.3, -0.25) is 0 Å². The second kappa shape index (κ2) is 2.78. The highest BCUT2D eigenvalue weighted by Crippen LogP contribution is 2.50. The van der Waals surface area contributed by atoms with E-state index in [1.807, 2.05) is 0 Å². The number of hydrogen-bond donors (Lipinski definition) is 1. The van der Waals surface area contributed by atoms with Gasteiger partial charge in [0.15, 0.2) is 6.54 Å². The van der Waals surface area contributed by atoms with Crippen molar-refractivity contribution in [3.8, 4) is 0 Å². The van der Waals surface area contributed by atoms with E-state index in [-0.39, 0.29) is 0 Å². The Labute approximate surface area is 49.1 Å². The third-order valence-corrected chi connectivity index (χ3v) is 2.69. The van der Waals surface area contributed by atoms with E-state index in [0.29, 0.717) is 0 Å². The molecule has 0 spiro atoms. The molecular weight excluding hydrogens is 131 g/mol. The molecule has 0 amide bonds. The first-order valence-corrected chi connectivity index (χ1v) is 4.66. The van der Waals surface area contributed by atoms with Crippen molar-refractivity contribution >= 4 is 25.1 Å². The third kappa shape index (κ3) is 3.18.